The number of rotatable bonds is 7. The number of aromatic nitrogens is 2. The highest BCUT2D eigenvalue weighted by Crippen LogP contribution is 2.28. The van der Waals surface area contributed by atoms with Gasteiger partial charge in [-0.25, -0.2) is 12.7 Å². The van der Waals surface area contributed by atoms with Crippen LogP contribution < -0.4 is 0 Å². The van der Waals surface area contributed by atoms with E-state index in [-0.39, 0.29) is 11.7 Å². The molecule has 3 rings (SSSR count). The summed E-state index contributed by atoms with van der Waals surface area (Å²) in [5.74, 6) is 1.42. The summed E-state index contributed by atoms with van der Waals surface area (Å²) in [7, 11) is -3.12. The molecule has 0 bridgehead atoms. The van der Waals surface area contributed by atoms with E-state index in [2.05, 4.69) is 10.1 Å². The van der Waals surface area contributed by atoms with Crippen LogP contribution in [-0.2, 0) is 16.4 Å². The molecular weight excluding hydrogens is 314 g/mol. The Morgan fingerprint density at radius 2 is 2.00 bits per heavy atom. The molecule has 124 valence electrons. The Hall–Kier alpha value is -1.73. The van der Waals surface area contributed by atoms with Crippen molar-refractivity contribution >= 4 is 10.0 Å². The predicted octanol–water partition coefficient (Wildman–Crippen LogP) is 2.19. The lowest BCUT2D eigenvalue weighted by atomic mass is 10.0. The van der Waals surface area contributed by atoms with Crippen molar-refractivity contribution in [2.75, 3.05) is 18.8 Å². The first-order valence-corrected chi connectivity index (χ1v) is 9.53. The molecule has 2 heterocycles. The zero-order chi connectivity index (χ0) is 16.3. The minimum Gasteiger partial charge on any atom is -0.339 e. The van der Waals surface area contributed by atoms with Crippen LogP contribution in [0.15, 0.2) is 34.9 Å². The molecule has 0 aliphatic carbocycles. The van der Waals surface area contributed by atoms with Crippen LogP contribution >= 0.6 is 0 Å². The van der Waals surface area contributed by atoms with Gasteiger partial charge in [0, 0.05) is 19.5 Å². The monoisotopic (exact) mass is 335 g/mol. The van der Waals surface area contributed by atoms with E-state index in [1.165, 1.54) is 4.31 Å². The summed E-state index contributed by atoms with van der Waals surface area (Å²) in [5.41, 5.74) is 1.12. The molecule has 1 aromatic carbocycles. The van der Waals surface area contributed by atoms with Gasteiger partial charge in [0.05, 0.1) is 11.7 Å². The minimum absolute atomic E-state index is 0.0171. The third-order valence-corrected chi connectivity index (χ3v) is 5.92. The second kappa shape index (κ2) is 6.80. The first-order chi connectivity index (χ1) is 11.1. The van der Waals surface area contributed by atoms with E-state index in [1.54, 1.807) is 0 Å². The van der Waals surface area contributed by atoms with Gasteiger partial charge in [-0.3, -0.25) is 0 Å². The molecule has 1 aliphatic heterocycles. The van der Waals surface area contributed by atoms with Crippen molar-refractivity contribution < 1.29 is 12.9 Å². The maximum atomic E-state index is 12.1. The first-order valence-electron chi connectivity index (χ1n) is 7.92. The third-order valence-electron chi connectivity index (χ3n) is 4.04. The van der Waals surface area contributed by atoms with E-state index in [4.69, 9.17) is 4.52 Å². The van der Waals surface area contributed by atoms with E-state index >= 15 is 0 Å². The average molecular weight is 335 g/mol. The van der Waals surface area contributed by atoms with Crippen molar-refractivity contribution in [3.05, 3.63) is 47.6 Å². The summed E-state index contributed by atoms with van der Waals surface area (Å²) in [4.78, 5) is 4.41. The Morgan fingerprint density at radius 3 is 2.70 bits per heavy atom. The molecular formula is C16H21N3O3S. The maximum Gasteiger partial charge on any atom is 0.232 e. The number of hydrogen-bond donors (Lipinski definition) is 0. The lowest BCUT2D eigenvalue weighted by Crippen LogP contribution is -2.49. The molecule has 1 aromatic heterocycles. The largest absolute Gasteiger partial charge is 0.339 e. The number of unbranched alkanes of at least 4 members (excludes halogenated alkanes) is 1. The summed E-state index contributed by atoms with van der Waals surface area (Å²) < 4.78 is 30.9. The van der Waals surface area contributed by atoms with E-state index in [0.717, 1.165) is 12.0 Å². The van der Waals surface area contributed by atoms with Crippen molar-refractivity contribution in [2.45, 2.75) is 32.1 Å². The highest BCUT2D eigenvalue weighted by atomic mass is 32.2. The topological polar surface area (TPSA) is 76.3 Å². The molecule has 0 amide bonds. The van der Waals surface area contributed by atoms with Crippen molar-refractivity contribution in [2.24, 2.45) is 0 Å². The van der Waals surface area contributed by atoms with Crippen LogP contribution in [0.4, 0.5) is 0 Å². The number of hydrogen-bond acceptors (Lipinski definition) is 5. The Balaban J connectivity index is 1.56. The maximum absolute atomic E-state index is 12.1. The van der Waals surface area contributed by atoms with Crippen molar-refractivity contribution in [1.82, 2.24) is 14.4 Å². The highest BCUT2D eigenvalue weighted by Gasteiger charge is 2.39. The van der Waals surface area contributed by atoms with Gasteiger partial charge >= 0.3 is 0 Å². The number of nitrogens with zero attached hydrogens (tertiary/aromatic N) is 3. The molecule has 1 fully saturated rings. The first kappa shape index (κ1) is 16.1. The van der Waals surface area contributed by atoms with Crippen LogP contribution in [0, 0.1) is 0 Å². The van der Waals surface area contributed by atoms with Gasteiger partial charge in [-0.05, 0) is 12.0 Å². The van der Waals surface area contributed by atoms with Crippen LogP contribution in [0.3, 0.4) is 0 Å². The molecule has 0 unspecified atom stereocenters. The van der Waals surface area contributed by atoms with Gasteiger partial charge in [0.1, 0.15) is 0 Å². The molecule has 7 heteroatoms. The third kappa shape index (κ3) is 3.79. The molecule has 2 aromatic rings. The molecule has 6 nitrogen and oxygen atoms in total. The lowest BCUT2D eigenvalue weighted by molar-refractivity contribution is 0.216. The molecule has 0 radical (unpaired) electrons. The van der Waals surface area contributed by atoms with Crippen LogP contribution in [0.5, 0.6) is 0 Å². The summed E-state index contributed by atoms with van der Waals surface area (Å²) >= 11 is 0. The Bertz CT molecular complexity index is 737. The fourth-order valence-electron chi connectivity index (χ4n) is 2.56. The van der Waals surface area contributed by atoms with Gasteiger partial charge in [-0.2, -0.15) is 4.98 Å². The van der Waals surface area contributed by atoms with Gasteiger partial charge in [0.2, 0.25) is 15.9 Å². The van der Waals surface area contributed by atoms with Crippen molar-refractivity contribution in [3.8, 4) is 0 Å². The van der Waals surface area contributed by atoms with Crippen LogP contribution in [0.2, 0.25) is 0 Å². The van der Waals surface area contributed by atoms with Crippen LogP contribution in [-0.4, -0.2) is 41.7 Å². The minimum atomic E-state index is -3.12. The van der Waals surface area contributed by atoms with Gasteiger partial charge < -0.3 is 4.52 Å². The van der Waals surface area contributed by atoms with Crippen molar-refractivity contribution in [3.63, 3.8) is 0 Å². The van der Waals surface area contributed by atoms with Crippen molar-refractivity contribution in [1.29, 1.82) is 0 Å². The average Bonchev–Trinajstić information content (AvgIpc) is 2.92. The van der Waals surface area contributed by atoms with Gasteiger partial charge in [-0.1, -0.05) is 48.8 Å². The summed E-state index contributed by atoms with van der Waals surface area (Å²) in [5, 5.41) is 4.00. The molecule has 0 spiro atoms. The molecule has 0 saturated carbocycles. The van der Waals surface area contributed by atoms with E-state index < -0.39 is 10.0 Å². The van der Waals surface area contributed by atoms with Gasteiger partial charge in [-0.15, -0.1) is 0 Å². The van der Waals surface area contributed by atoms with Crippen LogP contribution in [0.1, 0.15) is 43.0 Å². The second-order valence-corrected chi connectivity index (χ2v) is 7.98. The smallest absolute Gasteiger partial charge is 0.232 e. The standard InChI is InChI=1S/C16H21N3O3S/c1-2-3-9-23(20,21)19-11-14(12-19)16-17-15(18-22-16)10-13-7-5-4-6-8-13/h4-8,14H,2-3,9-12H2,1H3. The van der Waals surface area contributed by atoms with E-state index in [9.17, 15) is 8.42 Å². The predicted molar refractivity (Wildman–Crippen MR) is 86.6 cm³/mol. The number of sulfonamides is 1. The molecule has 23 heavy (non-hydrogen) atoms. The SMILES string of the molecule is CCCCS(=O)(=O)N1CC(c2nc(Cc3ccccc3)no2)C1. The summed E-state index contributed by atoms with van der Waals surface area (Å²) in [6.45, 7) is 2.87. The zero-order valence-corrected chi connectivity index (χ0v) is 14.0. The fourth-order valence-corrected chi connectivity index (χ4v) is 4.29. The molecule has 1 saturated heterocycles. The second-order valence-electron chi connectivity index (χ2n) is 5.89. The van der Waals surface area contributed by atoms with Crippen LogP contribution in [0.25, 0.3) is 0 Å². The highest BCUT2D eigenvalue weighted by molar-refractivity contribution is 7.89. The van der Waals surface area contributed by atoms with Gasteiger partial charge in [0.25, 0.3) is 0 Å². The Morgan fingerprint density at radius 1 is 1.26 bits per heavy atom. The fraction of sp³-hybridized carbons (Fsp3) is 0.500. The van der Waals surface area contributed by atoms with Gasteiger partial charge in [0.15, 0.2) is 5.82 Å². The van der Waals surface area contributed by atoms with E-state index in [1.807, 2.05) is 37.3 Å². The van der Waals surface area contributed by atoms with E-state index in [0.29, 0.717) is 37.6 Å². The molecule has 0 atom stereocenters. The summed E-state index contributed by atoms with van der Waals surface area (Å²) in [6, 6.07) is 9.94. The zero-order valence-electron chi connectivity index (χ0n) is 13.2. The Kier molecular flexibility index (Phi) is 4.77. The Labute approximate surface area is 136 Å². The quantitative estimate of drug-likeness (QED) is 0.775. The summed E-state index contributed by atoms with van der Waals surface area (Å²) in [6.07, 6.45) is 2.20. The normalized spacial score (nSPS) is 16.4. The molecule has 1 aliphatic rings. The molecule has 0 N–H and O–H groups in total. The number of benzene rings is 1. The lowest BCUT2D eigenvalue weighted by Gasteiger charge is -2.35.